The van der Waals surface area contributed by atoms with Crippen LogP contribution in [0.2, 0.25) is 0 Å². The van der Waals surface area contributed by atoms with Crippen LogP contribution in [0.5, 0.6) is 11.5 Å². The average molecular weight is 342 g/mol. The molecule has 0 aliphatic carbocycles. The van der Waals surface area contributed by atoms with Crippen molar-refractivity contribution in [2.24, 2.45) is 0 Å². The van der Waals surface area contributed by atoms with Gasteiger partial charge < -0.3 is 24.8 Å². The van der Waals surface area contributed by atoms with Gasteiger partial charge in [0.25, 0.3) is 0 Å². The molecule has 6 nitrogen and oxygen atoms in total. The number of amides is 2. The van der Waals surface area contributed by atoms with Gasteiger partial charge in [-0.1, -0.05) is 36.4 Å². The van der Waals surface area contributed by atoms with E-state index in [0.717, 1.165) is 16.9 Å². The Balaban J connectivity index is 1.42. The zero-order valence-corrected chi connectivity index (χ0v) is 14.2. The lowest BCUT2D eigenvalue weighted by molar-refractivity contribution is 0.0918. The second-order valence-electron chi connectivity index (χ2n) is 5.81. The first kappa shape index (κ1) is 17.1. The van der Waals surface area contributed by atoms with Crippen molar-refractivity contribution < 1.29 is 19.0 Å². The van der Waals surface area contributed by atoms with Crippen LogP contribution in [-0.4, -0.2) is 32.4 Å². The number of hydrogen-bond donors (Lipinski definition) is 2. The fourth-order valence-electron chi connectivity index (χ4n) is 2.61. The molecular formula is C19H22N2O4. The van der Waals surface area contributed by atoms with E-state index in [2.05, 4.69) is 10.6 Å². The molecule has 1 atom stereocenters. The molecule has 0 saturated heterocycles. The van der Waals surface area contributed by atoms with Gasteiger partial charge in [-0.25, -0.2) is 4.79 Å². The van der Waals surface area contributed by atoms with Crippen LogP contribution in [0.25, 0.3) is 0 Å². The highest BCUT2D eigenvalue weighted by molar-refractivity contribution is 5.73. The highest BCUT2D eigenvalue weighted by atomic mass is 16.6. The largest absolute Gasteiger partial charge is 0.486 e. The van der Waals surface area contributed by atoms with E-state index in [4.69, 9.17) is 14.2 Å². The summed E-state index contributed by atoms with van der Waals surface area (Å²) in [5.41, 5.74) is 2.10. The van der Waals surface area contributed by atoms with Crippen molar-refractivity contribution in [1.82, 2.24) is 10.6 Å². The minimum absolute atomic E-state index is 0.203. The van der Waals surface area contributed by atoms with Crippen molar-refractivity contribution in [1.29, 1.82) is 0 Å². The molecular weight excluding hydrogens is 320 g/mol. The Labute approximate surface area is 147 Å². The molecule has 0 bridgehead atoms. The monoisotopic (exact) mass is 342 g/mol. The summed E-state index contributed by atoms with van der Waals surface area (Å²) in [6, 6.07) is 15.2. The zero-order valence-electron chi connectivity index (χ0n) is 14.2. The molecule has 0 radical (unpaired) electrons. The number of fused-ring (bicyclic) bond motifs is 1. The third kappa shape index (κ3) is 4.87. The Morgan fingerprint density at radius 2 is 1.92 bits per heavy atom. The van der Waals surface area contributed by atoms with E-state index in [1.807, 2.05) is 48.5 Å². The number of carbonyl (C=O) groups is 1. The quantitative estimate of drug-likeness (QED) is 0.846. The van der Waals surface area contributed by atoms with Gasteiger partial charge in [-0.05, 0) is 23.3 Å². The minimum Gasteiger partial charge on any atom is -0.486 e. The standard InChI is InChI=1S/C19H22N2O4/c1-23-12-15-6-4-5-14(9-15)10-20-19(22)21-11-16-13-24-17-7-2-3-8-18(17)25-16/h2-9,16H,10-13H2,1H3,(H2,20,21,22)/t16-/m1/s1. The molecule has 0 aromatic heterocycles. The predicted molar refractivity (Wildman–Crippen MR) is 93.7 cm³/mol. The highest BCUT2D eigenvalue weighted by Crippen LogP contribution is 2.30. The fourth-order valence-corrected chi connectivity index (χ4v) is 2.61. The van der Waals surface area contributed by atoms with E-state index in [9.17, 15) is 4.79 Å². The number of hydrogen-bond acceptors (Lipinski definition) is 4. The van der Waals surface area contributed by atoms with Crippen molar-refractivity contribution in [3.8, 4) is 11.5 Å². The highest BCUT2D eigenvalue weighted by Gasteiger charge is 2.20. The lowest BCUT2D eigenvalue weighted by Gasteiger charge is -2.26. The number of rotatable bonds is 6. The van der Waals surface area contributed by atoms with E-state index in [0.29, 0.717) is 32.1 Å². The molecule has 6 heteroatoms. The zero-order chi connectivity index (χ0) is 17.5. The molecule has 2 N–H and O–H groups in total. The van der Waals surface area contributed by atoms with Crippen LogP contribution < -0.4 is 20.1 Å². The van der Waals surface area contributed by atoms with Crippen LogP contribution in [0.3, 0.4) is 0 Å². The van der Waals surface area contributed by atoms with Gasteiger partial charge in [-0.3, -0.25) is 0 Å². The van der Waals surface area contributed by atoms with Crippen molar-refractivity contribution >= 4 is 6.03 Å². The first-order valence-electron chi connectivity index (χ1n) is 8.21. The van der Waals surface area contributed by atoms with Gasteiger partial charge in [0.05, 0.1) is 13.2 Å². The second kappa shape index (κ2) is 8.39. The normalized spacial score (nSPS) is 15.5. The smallest absolute Gasteiger partial charge is 0.315 e. The third-order valence-corrected chi connectivity index (χ3v) is 3.81. The maximum atomic E-state index is 12.0. The molecule has 0 saturated carbocycles. The topological polar surface area (TPSA) is 68.8 Å². The summed E-state index contributed by atoms with van der Waals surface area (Å²) in [4.78, 5) is 12.0. The van der Waals surface area contributed by atoms with Crippen LogP contribution in [0.1, 0.15) is 11.1 Å². The fraction of sp³-hybridized carbons (Fsp3) is 0.316. The number of nitrogens with one attached hydrogen (secondary N) is 2. The van der Waals surface area contributed by atoms with Gasteiger partial charge >= 0.3 is 6.03 Å². The van der Waals surface area contributed by atoms with Gasteiger partial charge in [0.1, 0.15) is 6.61 Å². The summed E-state index contributed by atoms with van der Waals surface area (Å²) in [6.07, 6.45) is -0.203. The number of para-hydroxylation sites is 2. The Morgan fingerprint density at radius 1 is 1.12 bits per heavy atom. The summed E-state index contributed by atoms with van der Waals surface area (Å²) in [6.45, 7) is 1.80. The number of ether oxygens (including phenoxy) is 3. The summed E-state index contributed by atoms with van der Waals surface area (Å²) in [5.74, 6) is 1.44. The van der Waals surface area contributed by atoms with Crippen molar-refractivity contribution in [2.45, 2.75) is 19.3 Å². The first-order valence-corrected chi connectivity index (χ1v) is 8.21. The average Bonchev–Trinajstić information content (AvgIpc) is 2.65. The predicted octanol–water partition coefficient (Wildman–Crippen LogP) is 2.47. The van der Waals surface area contributed by atoms with Crippen LogP contribution in [0.15, 0.2) is 48.5 Å². The Hall–Kier alpha value is -2.73. The van der Waals surface area contributed by atoms with Gasteiger partial charge in [0.15, 0.2) is 17.6 Å². The van der Waals surface area contributed by atoms with E-state index in [-0.39, 0.29) is 12.1 Å². The molecule has 1 aliphatic rings. The van der Waals surface area contributed by atoms with Crippen molar-refractivity contribution in [3.05, 3.63) is 59.7 Å². The number of urea groups is 1. The van der Waals surface area contributed by atoms with Crippen LogP contribution in [-0.2, 0) is 17.9 Å². The van der Waals surface area contributed by atoms with E-state index >= 15 is 0 Å². The molecule has 2 amide bonds. The molecule has 0 spiro atoms. The van der Waals surface area contributed by atoms with Gasteiger partial charge in [0, 0.05) is 13.7 Å². The van der Waals surface area contributed by atoms with Gasteiger partial charge in [-0.2, -0.15) is 0 Å². The second-order valence-corrected chi connectivity index (χ2v) is 5.81. The number of methoxy groups -OCH3 is 1. The Kier molecular flexibility index (Phi) is 5.74. The Bertz CT molecular complexity index is 720. The number of benzene rings is 2. The van der Waals surface area contributed by atoms with Crippen LogP contribution in [0, 0.1) is 0 Å². The minimum atomic E-state index is -0.236. The molecule has 0 fully saturated rings. The SMILES string of the molecule is COCc1cccc(CNC(=O)NC[C@@H]2COc3ccccc3O2)c1. The van der Waals surface area contributed by atoms with Gasteiger partial charge in [0.2, 0.25) is 0 Å². The lowest BCUT2D eigenvalue weighted by atomic mass is 10.1. The van der Waals surface area contributed by atoms with Gasteiger partial charge in [-0.15, -0.1) is 0 Å². The molecule has 1 heterocycles. The Morgan fingerprint density at radius 3 is 2.76 bits per heavy atom. The summed E-state index contributed by atoms with van der Waals surface area (Å²) in [7, 11) is 1.66. The molecule has 2 aromatic rings. The maximum absolute atomic E-state index is 12.0. The van der Waals surface area contributed by atoms with Crippen molar-refractivity contribution in [3.63, 3.8) is 0 Å². The molecule has 0 unspecified atom stereocenters. The summed E-state index contributed by atoms with van der Waals surface area (Å²) in [5, 5.41) is 5.65. The van der Waals surface area contributed by atoms with E-state index < -0.39 is 0 Å². The molecule has 2 aromatic carbocycles. The summed E-state index contributed by atoms with van der Waals surface area (Å²) < 4.78 is 16.5. The maximum Gasteiger partial charge on any atom is 0.315 e. The first-order chi connectivity index (χ1) is 12.2. The third-order valence-electron chi connectivity index (χ3n) is 3.81. The molecule has 25 heavy (non-hydrogen) atoms. The van der Waals surface area contributed by atoms with E-state index in [1.54, 1.807) is 7.11 Å². The van der Waals surface area contributed by atoms with Crippen LogP contribution in [0.4, 0.5) is 4.79 Å². The van der Waals surface area contributed by atoms with Crippen LogP contribution >= 0.6 is 0 Å². The lowest BCUT2D eigenvalue weighted by Crippen LogP contribution is -2.44. The van der Waals surface area contributed by atoms with E-state index in [1.165, 1.54) is 0 Å². The molecule has 1 aliphatic heterocycles. The van der Waals surface area contributed by atoms with Crippen molar-refractivity contribution in [2.75, 3.05) is 20.3 Å². The molecule has 3 rings (SSSR count). The molecule has 132 valence electrons. The summed E-state index contributed by atoms with van der Waals surface area (Å²) >= 11 is 0. The number of carbonyl (C=O) groups excluding carboxylic acids is 1.